The number of nitrogens with zero attached hydrogens (tertiary/aromatic N) is 1. The molecule has 0 fully saturated rings. The Labute approximate surface area is 160 Å². The Hall–Kier alpha value is -2.28. The summed E-state index contributed by atoms with van der Waals surface area (Å²) in [4.78, 5) is 1.05. The van der Waals surface area contributed by atoms with E-state index in [1.54, 1.807) is 6.21 Å². The first-order chi connectivity index (χ1) is 12.2. The minimum absolute atomic E-state index is 0.407. The zero-order valence-corrected chi connectivity index (χ0v) is 15.4. The van der Waals surface area contributed by atoms with Gasteiger partial charge in [0.15, 0.2) is 10.2 Å². The monoisotopic (exact) mass is 387 g/mol. The highest BCUT2D eigenvalue weighted by atomic mass is 35.5. The maximum atomic E-state index is 5.88. The third-order valence-corrected chi connectivity index (χ3v) is 4.40. The Kier molecular flexibility index (Phi) is 6.11. The van der Waals surface area contributed by atoms with Crippen molar-refractivity contribution < 1.29 is 4.42 Å². The van der Waals surface area contributed by atoms with Gasteiger partial charge in [-0.05, 0) is 60.7 Å². The zero-order chi connectivity index (χ0) is 17.5. The van der Waals surface area contributed by atoms with Gasteiger partial charge in [-0.15, -0.1) is 0 Å². The molecule has 1 heterocycles. The van der Waals surface area contributed by atoms with Gasteiger partial charge in [-0.2, -0.15) is 5.10 Å². The van der Waals surface area contributed by atoms with E-state index < -0.39 is 0 Å². The average molecular weight is 388 g/mol. The zero-order valence-electron chi connectivity index (χ0n) is 13.0. The van der Waals surface area contributed by atoms with E-state index in [1.807, 2.05) is 66.7 Å². The van der Waals surface area contributed by atoms with Crippen LogP contribution in [0.2, 0.25) is 5.02 Å². The molecule has 0 bridgehead atoms. The highest BCUT2D eigenvalue weighted by molar-refractivity contribution is 7.99. The van der Waals surface area contributed by atoms with Gasteiger partial charge in [0.2, 0.25) is 0 Å². The van der Waals surface area contributed by atoms with Crippen LogP contribution in [0.5, 0.6) is 0 Å². The summed E-state index contributed by atoms with van der Waals surface area (Å²) in [5, 5.41) is 8.99. The predicted molar refractivity (Wildman–Crippen MR) is 108 cm³/mol. The molecule has 126 valence electrons. The summed E-state index contributed by atoms with van der Waals surface area (Å²) in [6, 6.07) is 21.0. The minimum atomic E-state index is 0.407. The SMILES string of the molecule is S=C(N/N=C\c1ccc(Sc2ccc(Cl)cc2)o1)Nc1ccccc1. The molecule has 0 spiro atoms. The molecule has 0 aliphatic heterocycles. The van der Waals surface area contributed by atoms with Gasteiger partial charge in [-0.3, -0.25) is 5.43 Å². The Morgan fingerprint density at radius 3 is 2.56 bits per heavy atom. The molecule has 3 rings (SSSR count). The number of halogens is 1. The number of benzene rings is 2. The van der Waals surface area contributed by atoms with E-state index in [9.17, 15) is 0 Å². The predicted octanol–water partition coefficient (Wildman–Crippen LogP) is 5.40. The van der Waals surface area contributed by atoms with E-state index in [4.69, 9.17) is 28.2 Å². The number of thiocarbonyl (C=S) groups is 1. The third-order valence-electron chi connectivity index (χ3n) is 3.02. The van der Waals surface area contributed by atoms with Crippen molar-refractivity contribution in [1.29, 1.82) is 0 Å². The number of nitrogens with one attached hydrogen (secondary N) is 2. The second kappa shape index (κ2) is 8.71. The van der Waals surface area contributed by atoms with E-state index >= 15 is 0 Å². The molecule has 1 aromatic heterocycles. The molecule has 7 heteroatoms. The first kappa shape index (κ1) is 17.5. The van der Waals surface area contributed by atoms with Crippen molar-refractivity contribution in [3.63, 3.8) is 0 Å². The minimum Gasteiger partial charge on any atom is -0.448 e. The molecule has 0 aliphatic rings. The van der Waals surface area contributed by atoms with E-state index in [0.29, 0.717) is 15.9 Å². The van der Waals surface area contributed by atoms with Crippen LogP contribution >= 0.6 is 35.6 Å². The summed E-state index contributed by atoms with van der Waals surface area (Å²) in [5.74, 6) is 0.631. The molecule has 0 aliphatic carbocycles. The molecule has 0 saturated carbocycles. The lowest BCUT2D eigenvalue weighted by Gasteiger charge is -2.05. The fraction of sp³-hybridized carbons (Fsp3) is 0. The number of hydrogen-bond acceptors (Lipinski definition) is 4. The molecule has 0 atom stereocenters. The molecule has 3 aromatic rings. The van der Waals surface area contributed by atoms with Crippen molar-refractivity contribution in [2.45, 2.75) is 9.99 Å². The van der Waals surface area contributed by atoms with Gasteiger partial charge < -0.3 is 9.73 Å². The van der Waals surface area contributed by atoms with Crippen LogP contribution in [0.3, 0.4) is 0 Å². The number of furan rings is 1. The lowest BCUT2D eigenvalue weighted by atomic mass is 10.3. The van der Waals surface area contributed by atoms with E-state index in [-0.39, 0.29) is 0 Å². The second-order valence-electron chi connectivity index (χ2n) is 4.90. The van der Waals surface area contributed by atoms with Crippen LogP contribution in [-0.2, 0) is 0 Å². The van der Waals surface area contributed by atoms with Crippen molar-refractivity contribution in [3.05, 3.63) is 77.5 Å². The number of hydrazone groups is 1. The standard InChI is InChI=1S/C18H14ClN3OS2/c19-13-6-9-16(10-7-13)25-17-11-8-15(23-17)12-20-22-18(24)21-14-4-2-1-3-5-14/h1-12H,(H2,21,22,24)/b20-12-. The smallest absolute Gasteiger partial charge is 0.191 e. The Balaban J connectivity index is 1.51. The average Bonchev–Trinajstić information content (AvgIpc) is 3.05. The highest BCUT2D eigenvalue weighted by Gasteiger charge is 2.03. The molecule has 4 nitrogen and oxygen atoms in total. The largest absolute Gasteiger partial charge is 0.448 e. The first-order valence-electron chi connectivity index (χ1n) is 7.37. The van der Waals surface area contributed by atoms with Gasteiger partial charge in [0.05, 0.1) is 6.21 Å². The molecule has 2 aromatic carbocycles. The van der Waals surface area contributed by atoms with Gasteiger partial charge in [-0.1, -0.05) is 41.6 Å². The van der Waals surface area contributed by atoms with Gasteiger partial charge in [0.1, 0.15) is 5.76 Å². The summed E-state index contributed by atoms with van der Waals surface area (Å²) >= 11 is 12.6. The summed E-state index contributed by atoms with van der Waals surface area (Å²) in [7, 11) is 0. The fourth-order valence-electron chi connectivity index (χ4n) is 1.91. The van der Waals surface area contributed by atoms with Crippen LogP contribution in [0.25, 0.3) is 0 Å². The first-order valence-corrected chi connectivity index (χ1v) is 8.98. The lowest BCUT2D eigenvalue weighted by molar-refractivity contribution is 0.469. The second-order valence-corrected chi connectivity index (χ2v) is 6.83. The normalized spacial score (nSPS) is 10.8. The number of anilines is 1. The van der Waals surface area contributed by atoms with Crippen molar-refractivity contribution in [2.75, 3.05) is 5.32 Å². The summed E-state index contributed by atoms with van der Waals surface area (Å²) in [5.41, 5.74) is 3.65. The van der Waals surface area contributed by atoms with Crippen molar-refractivity contribution >= 4 is 52.6 Å². The highest BCUT2D eigenvalue weighted by Crippen LogP contribution is 2.29. The molecule has 0 unspecified atom stereocenters. The van der Waals surface area contributed by atoms with Crippen LogP contribution in [-0.4, -0.2) is 11.3 Å². The van der Waals surface area contributed by atoms with Gasteiger partial charge in [0, 0.05) is 15.6 Å². The molecule has 0 saturated heterocycles. The fourth-order valence-corrected chi connectivity index (χ4v) is 2.99. The number of hydrogen-bond donors (Lipinski definition) is 2. The van der Waals surface area contributed by atoms with Crippen LogP contribution in [0.4, 0.5) is 5.69 Å². The maximum Gasteiger partial charge on any atom is 0.191 e. The van der Waals surface area contributed by atoms with Gasteiger partial charge in [-0.25, -0.2) is 0 Å². The Morgan fingerprint density at radius 2 is 1.80 bits per heavy atom. The Morgan fingerprint density at radius 1 is 1.04 bits per heavy atom. The quantitative estimate of drug-likeness (QED) is 0.348. The number of rotatable bonds is 5. The van der Waals surface area contributed by atoms with Crippen molar-refractivity contribution in [3.8, 4) is 0 Å². The molecule has 2 N–H and O–H groups in total. The maximum absolute atomic E-state index is 5.88. The van der Waals surface area contributed by atoms with Crippen LogP contribution in [0.1, 0.15) is 5.76 Å². The molecular formula is C18H14ClN3OS2. The van der Waals surface area contributed by atoms with Gasteiger partial charge in [0.25, 0.3) is 0 Å². The van der Waals surface area contributed by atoms with E-state index in [0.717, 1.165) is 15.7 Å². The van der Waals surface area contributed by atoms with Crippen LogP contribution in [0, 0.1) is 0 Å². The third kappa shape index (κ3) is 5.63. The van der Waals surface area contributed by atoms with E-state index in [1.165, 1.54) is 11.8 Å². The molecule has 25 heavy (non-hydrogen) atoms. The van der Waals surface area contributed by atoms with Crippen LogP contribution in [0.15, 0.2) is 86.2 Å². The van der Waals surface area contributed by atoms with Gasteiger partial charge >= 0.3 is 0 Å². The topological polar surface area (TPSA) is 49.6 Å². The van der Waals surface area contributed by atoms with E-state index in [2.05, 4.69) is 15.8 Å². The summed E-state index contributed by atoms with van der Waals surface area (Å²) < 4.78 is 5.69. The van der Waals surface area contributed by atoms with Crippen LogP contribution < -0.4 is 10.7 Å². The molecule has 0 radical (unpaired) electrons. The number of para-hydroxylation sites is 1. The Bertz CT molecular complexity index is 864. The van der Waals surface area contributed by atoms with Crippen molar-refractivity contribution in [1.82, 2.24) is 5.43 Å². The van der Waals surface area contributed by atoms with Crippen molar-refractivity contribution in [2.24, 2.45) is 5.10 Å². The lowest BCUT2D eigenvalue weighted by Crippen LogP contribution is -2.23. The molecule has 0 amide bonds. The summed E-state index contributed by atoms with van der Waals surface area (Å²) in [6.45, 7) is 0. The summed E-state index contributed by atoms with van der Waals surface area (Å²) in [6.07, 6.45) is 1.57. The molecular weight excluding hydrogens is 374 g/mol.